The van der Waals surface area contributed by atoms with Gasteiger partial charge in [-0.3, -0.25) is 0 Å². The van der Waals surface area contributed by atoms with Crippen molar-refractivity contribution in [3.63, 3.8) is 0 Å². The number of H-pyrrole nitrogens is 1. The molecule has 82 valence electrons. The average Bonchev–Trinajstić information content (AvgIpc) is 2.29. The number of benzene rings is 1. The van der Waals surface area contributed by atoms with Gasteiger partial charge < -0.3 is 9.72 Å². The second kappa shape index (κ2) is 4.45. The standard InChI is InChI=1S/C12H12N2OS/c1-8-5-3-4-6-9(8)10-11(15-2)12(16)14-7-13-10/h3-7H,1-2H3,(H,13,14,16). The summed E-state index contributed by atoms with van der Waals surface area (Å²) < 4.78 is 5.76. The summed E-state index contributed by atoms with van der Waals surface area (Å²) in [5.41, 5.74) is 3.12. The average molecular weight is 232 g/mol. The van der Waals surface area contributed by atoms with Crippen molar-refractivity contribution in [2.75, 3.05) is 7.11 Å². The maximum Gasteiger partial charge on any atom is 0.179 e. The molecule has 16 heavy (non-hydrogen) atoms. The number of methoxy groups -OCH3 is 1. The van der Waals surface area contributed by atoms with E-state index in [4.69, 9.17) is 17.0 Å². The number of nitrogens with zero attached hydrogens (tertiary/aromatic N) is 1. The Kier molecular flexibility index (Phi) is 3.01. The molecule has 4 heteroatoms. The van der Waals surface area contributed by atoms with E-state index in [1.54, 1.807) is 13.4 Å². The Bertz CT molecular complexity index is 563. The van der Waals surface area contributed by atoms with Gasteiger partial charge in [-0.15, -0.1) is 0 Å². The molecule has 0 fully saturated rings. The molecule has 0 amide bonds. The first-order valence-corrected chi connectivity index (χ1v) is 5.32. The van der Waals surface area contributed by atoms with Crippen LogP contribution in [-0.4, -0.2) is 17.1 Å². The third-order valence-electron chi connectivity index (χ3n) is 2.43. The van der Waals surface area contributed by atoms with E-state index in [9.17, 15) is 0 Å². The van der Waals surface area contributed by atoms with E-state index in [1.165, 1.54) is 0 Å². The van der Waals surface area contributed by atoms with Crippen LogP contribution in [0.3, 0.4) is 0 Å². The van der Waals surface area contributed by atoms with Crippen molar-refractivity contribution in [2.24, 2.45) is 0 Å². The lowest BCUT2D eigenvalue weighted by Crippen LogP contribution is -1.95. The van der Waals surface area contributed by atoms with Crippen LogP contribution in [0.4, 0.5) is 0 Å². The van der Waals surface area contributed by atoms with Crippen LogP contribution in [0.1, 0.15) is 5.56 Å². The van der Waals surface area contributed by atoms with Gasteiger partial charge in [-0.2, -0.15) is 0 Å². The Hall–Kier alpha value is -1.68. The number of aromatic nitrogens is 2. The Morgan fingerprint density at radius 1 is 1.31 bits per heavy atom. The molecule has 2 aromatic rings. The number of nitrogens with one attached hydrogen (secondary N) is 1. The molecule has 1 aromatic carbocycles. The van der Waals surface area contributed by atoms with Crippen molar-refractivity contribution in [1.29, 1.82) is 0 Å². The fourth-order valence-corrected chi connectivity index (χ4v) is 1.87. The zero-order valence-corrected chi connectivity index (χ0v) is 9.97. The first-order chi connectivity index (χ1) is 7.74. The molecule has 0 saturated carbocycles. The minimum absolute atomic E-state index is 0.472. The third kappa shape index (κ3) is 1.84. The second-order valence-electron chi connectivity index (χ2n) is 3.43. The first-order valence-electron chi connectivity index (χ1n) is 4.91. The number of aromatic amines is 1. The molecule has 2 rings (SSSR count). The van der Waals surface area contributed by atoms with Crippen LogP contribution in [0, 0.1) is 11.6 Å². The SMILES string of the molecule is COc1c(-c2ccccc2C)[nH]cnc1=S. The molecule has 3 nitrogen and oxygen atoms in total. The van der Waals surface area contributed by atoms with Crippen LogP contribution in [0.5, 0.6) is 5.75 Å². The van der Waals surface area contributed by atoms with Gasteiger partial charge in [-0.25, -0.2) is 4.98 Å². The minimum Gasteiger partial charge on any atom is -0.491 e. The normalized spacial score (nSPS) is 10.1. The number of ether oxygens (including phenoxy) is 1. The molecular formula is C12H12N2OS. The van der Waals surface area contributed by atoms with Gasteiger partial charge in [0.05, 0.1) is 19.1 Å². The molecule has 0 radical (unpaired) electrons. The van der Waals surface area contributed by atoms with Gasteiger partial charge in [0.1, 0.15) is 0 Å². The van der Waals surface area contributed by atoms with E-state index in [0.29, 0.717) is 10.4 Å². The largest absolute Gasteiger partial charge is 0.491 e. The predicted molar refractivity (Wildman–Crippen MR) is 66.1 cm³/mol. The number of aryl methyl sites for hydroxylation is 1. The van der Waals surface area contributed by atoms with Crippen molar-refractivity contribution in [3.8, 4) is 17.0 Å². The van der Waals surface area contributed by atoms with Crippen molar-refractivity contribution in [2.45, 2.75) is 6.92 Å². The van der Waals surface area contributed by atoms with Gasteiger partial charge in [0.15, 0.2) is 10.4 Å². The highest BCUT2D eigenvalue weighted by Gasteiger charge is 2.09. The Labute approximate surface area is 99.1 Å². The van der Waals surface area contributed by atoms with Crippen molar-refractivity contribution >= 4 is 12.2 Å². The van der Waals surface area contributed by atoms with Gasteiger partial charge in [0.2, 0.25) is 0 Å². The highest BCUT2D eigenvalue weighted by atomic mass is 32.1. The summed E-state index contributed by atoms with van der Waals surface area (Å²) >= 11 is 5.13. The fourth-order valence-electron chi connectivity index (χ4n) is 1.63. The molecule has 0 spiro atoms. The van der Waals surface area contributed by atoms with Gasteiger partial charge >= 0.3 is 0 Å². The Balaban J connectivity index is 2.70. The summed E-state index contributed by atoms with van der Waals surface area (Å²) in [6.45, 7) is 2.05. The topological polar surface area (TPSA) is 37.9 Å². The Morgan fingerprint density at radius 2 is 2.06 bits per heavy atom. The molecule has 0 bridgehead atoms. The van der Waals surface area contributed by atoms with Crippen LogP contribution in [0.15, 0.2) is 30.6 Å². The maximum atomic E-state index is 5.29. The molecule has 0 aliphatic carbocycles. The van der Waals surface area contributed by atoms with E-state index >= 15 is 0 Å². The number of hydrogen-bond acceptors (Lipinski definition) is 3. The monoisotopic (exact) mass is 232 g/mol. The third-order valence-corrected chi connectivity index (χ3v) is 2.72. The summed E-state index contributed by atoms with van der Waals surface area (Å²) in [6.07, 6.45) is 1.59. The van der Waals surface area contributed by atoms with E-state index in [1.807, 2.05) is 31.2 Å². The van der Waals surface area contributed by atoms with E-state index < -0.39 is 0 Å². The van der Waals surface area contributed by atoms with Gasteiger partial charge in [-0.1, -0.05) is 36.5 Å². The van der Waals surface area contributed by atoms with Crippen molar-refractivity contribution in [3.05, 3.63) is 40.8 Å². The van der Waals surface area contributed by atoms with Gasteiger partial charge in [0.25, 0.3) is 0 Å². The van der Waals surface area contributed by atoms with E-state index in [2.05, 4.69) is 9.97 Å². The molecule has 0 aliphatic heterocycles. The van der Waals surface area contributed by atoms with Crippen molar-refractivity contribution in [1.82, 2.24) is 9.97 Å². The summed E-state index contributed by atoms with van der Waals surface area (Å²) in [4.78, 5) is 7.08. The quantitative estimate of drug-likeness (QED) is 0.808. The number of rotatable bonds is 2. The van der Waals surface area contributed by atoms with Gasteiger partial charge in [-0.05, 0) is 12.5 Å². The summed E-state index contributed by atoms with van der Waals surface area (Å²) in [6, 6.07) is 8.06. The fraction of sp³-hybridized carbons (Fsp3) is 0.167. The zero-order valence-electron chi connectivity index (χ0n) is 9.15. The highest BCUT2D eigenvalue weighted by molar-refractivity contribution is 7.71. The molecule has 0 aliphatic rings. The first kappa shape index (κ1) is 10.8. The van der Waals surface area contributed by atoms with Crippen molar-refractivity contribution < 1.29 is 4.74 Å². The maximum absolute atomic E-state index is 5.29. The molecule has 1 heterocycles. The van der Waals surface area contributed by atoms with E-state index in [0.717, 1.165) is 16.8 Å². The lowest BCUT2D eigenvalue weighted by Gasteiger charge is -2.09. The predicted octanol–water partition coefficient (Wildman–Crippen LogP) is 3.12. The minimum atomic E-state index is 0.472. The van der Waals surface area contributed by atoms with Crippen LogP contribution in [-0.2, 0) is 0 Å². The van der Waals surface area contributed by atoms with Crippen LogP contribution in [0.25, 0.3) is 11.3 Å². The smallest absolute Gasteiger partial charge is 0.179 e. The summed E-state index contributed by atoms with van der Waals surface area (Å²) in [5, 5.41) is 0. The van der Waals surface area contributed by atoms with Crippen LogP contribution >= 0.6 is 12.2 Å². The Morgan fingerprint density at radius 3 is 2.75 bits per heavy atom. The molecule has 0 unspecified atom stereocenters. The summed E-state index contributed by atoms with van der Waals surface area (Å²) in [5.74, 6) is 0.617. The molecule has 1 N–H and O–H groups in total. The highest BCUT2D eigenvalue weighted by Crippen LogP contribution is 2.29. The molecule has 0 saturated heterocycles. The molecule has 0 atom stereocenters. The molecule has 1 aromatic heterocycles. The van der Waals surface area contributed by atoms with Crippen LogP contribution in [0.2, 0.25) is 0 Å². The lowest BCUT2D eigenvalue weighted by atomic mass is 10.1. The lowest BCUT2D eigenvalue weighted by molar-refractivity contribution is 0.410. The number of hydrogen-bond donors (Lipinski definition) is 1. The van der Waals surface area contributed by atoms with Gasteiger partial charge in [0, 0.05) is 5.56 Å². The zero-order chi connectivity index (χ0) is 11.5. The second-order valence-corrected chi connectivity index (χ2v) is 3.82. The van der Waals surface area contributed by atoms with Crippen LogP contribution < -0.4 is 4.74 Å². The van der Waals surface area contributed by atoms with E-state index in [-0.39, 0.29) is 0 Å². The molecular weight excluding hydrogens is 220 g/mol. The summed E-state index contributed by atoms with van der Waals surface area (Å²) in [7, 11) is 1.60.